The lowest BCUT2D eigenvalue weighted by atomic mass is 10.0. The second kappa shape index (κ2) is 58.4. The average molecular weight is 963 g/mol. The van der Waals surface area contributed by atoms with Gasteiger partial charge in [0.2, 0.25) is 5.91 Å². The van der Waals surface area contributed by atoms with E-state index in [1.54, 1.807) is 0 Å². The molecule has 0 aromatic rings. The standard InChI is InChI=1S/C62H123NO5/c1-3-5-7-9-11-13-15-17-18-19-25-28-32-36-40-44-48-52-56-62(67)68-57-53-49-45-41-37-33-29-26-23-21-20-22-24-27-31-35-39-43-47-51-55-61(66)63-59(58-64)60(65)54-50-46-42-38-34-30-16-14-12-10-8-6-4-2/h59-60,64-65H,3-58H2,1-2H3,(H,63,66). The van der Waals surface area contributed by atoms with Gasteiger partial charge in [-0.05, 0) is 25.7 Å². The summed E-state index contributed by atoms with van der Waals surface area (Å²) in [6.07, 6.45) is 68.3. The van der Waals surface area contributed by atoms with Crippen LogP contribution in [0.2, 0.25) is 0 Å². The maximum atomic E-state index is 12.5. The Morgan fingerprint density at radius 3 is 0.897 bits per heavy atom. The molecule has 2 atom stereocenters. The second-order valence-corrected chi connectivity index (χ2v) is 21.8. The van der Waals surface area contributed by atoms with Crippen LogP contribution in [0, 0.1) is 0 Å². The lowest BCUT2D eigenvalue weighted by Gasteiger charge is -2.22. The first-order valence-electron chi connectivity index (χ1n) is 31.3. The van der Waals surface area contributed by atoms with E-state index in [0.717, 1.165) is 38.5 Å². The molecule has 0 aliphatic rings. The second-order valence-electron chi connectivity index (χ2n) is 21.8. The van der Waals surface area contributed by atoms with E-state index >= 15 is 0 Å². The third-order valence-corrected chi connectivity index (χ3v) is 14.9. The first-order valence-corrected chi connectivity index (χ1v) is 31.3. The molecule has 0 bridgehead atoms. The number of ether oxygens (including phenoxy) is 1. The smallest absolute Gasteiger partial charge is 0.305 e. The Kier molecular flexibility index (Phi) is 57.5. The minimum atomic E-state index is -0.663. The summed E-state index contributed by atoms with van der Waals surface area (Å²) in [6.45, 7) is 4.98. The summed E-state index contributed by atoms with van der Waals surface area (Å²) in [5.41, 5.74) is 0. The minimum Gasteiger partial charge on any atom is -0.466 e. The van der Waals surface area contributed by atoms with Crippen molar-refractivity contribution in [3.8, 4) is 0 Å². The first kappa shape index (κ1) is 66.9. The molecule has 0 saturated heterocycles. The molecule has 0 spiro atoms. The summed E-state index contributed by atoms with van der Waals surface area (Å²) < 4.78 is 5.50. The van der Waals surface area contributed by atoms with Crippen molar-refractivity contribution in [1.82, 2.24) is 5.32 Å². The maximum absolute atomic E-state index is 12.5. The van der Waals surface area contributed by atoms with Gasteiger partial charge in [0, 0.05) is 12.8 Å². The van der Waals surface area contributed by atoms with Crippen LogP contribution >= 0.6 is 0 Å². The molecule has 0 rings (SSSR count). The third-order valence-electron chi connectivity index (χ3n) is 14.9. The van der Waals surface area contributed by atoms with Gasteiger partial charge in [-0.25, -0.2) is 0 Å². The van der Waals surface area contributed by atoms with Crippen LogP contribution in [0.1, 0.15) is 361 Å². The lowest BCUT2D eigenvalue weighted by Crippen LogP contribution is -2.45. The van der Waals surface area contributed by atoms with Gasteiger partial charge >= 0.3 is 5.97 Å². The number of aliphatic hydroxyl groups is 2. The molecule has 0 saturated carbocycles. The first-order chi connectivity index (χ1) is 33.5. The molecule has 0 aliphatic heterocycles. The maximum Gasteiger partial charge on any atom is 0.305 e. The Labute approximate surface area is 426 Å². The van der Waals surface area contributed by atoms with E-state index in [-0.39, 0.29) is 18.5 Å². The number of carbonyl (C=O) groups excluding carboxylic acids is 2. The van der Waals surface area contributed by atoms with Crippen molar-refractivity contribution in [1.29, 1.82) is 0 Å². The van der Waals surface area contributed by atoms with Crippen molar-refractivity contribution >= 4 is 11.9 Å². The van der Waals surface area contributed by atoms with Crippen LogP contribution in [0.4, 0.5) is 0 Å². The van der Waals surface area contributed by atoms with Crippen molar-refractivity contribution in [2.75, 3.05) is 13.2 Å². The van der Waals surface area contributed by atoms with Gasteiger partial charge in [-0.3, -0.25) is 9.59 Å². The predicted octanol–water partition coefficient (Wildman–Crippen LogP) is 19.5. The van der Waals surface area contributed by atoms with E-state index in [4.69, 9.17) is 4.74 Å². The molecule has 6 nitrogen and oxygen atoms in total. The van der Waals surface area contributed by atoms with Crippen molar-refractivity contribution in [3.05, 3.63) is 0 Å². The highest BCUT2D eigenvalue weighted by atomic mass is 16.5. The van der Waals surface area contributed by atoms with Gasteiger partial charge in [-0.15, -0.1) is 0 Å². The van der Waals surface area contributed by atoms with E-state index in [9.17, 15) is 19.8 Å². The van der Waals surface area contributed by atoms with Gasteiger partial charge in [-0.1, -0.05) is 322 Å². The number of hydrogen-bond acceptors (Lipinski definition) is 5. The van der Waals surface area contributed by atoms with E-state index in [1.165, 1.54) is 289 Å². The number of hydrogen-bond donors (Lipinski definition) is 3. The Bertz CT molecular complexity index is 975. The zero-order chi connectivity index (χ0) is 49.3. The van der Waals surface area contributed by atoms with Crippen LogP contribution in [0.15, 0.2) is 0 Å². The van der Waals surface area contributed by atoms with Gasteiger partial charge in [0.25, 0.3) is 0 Å². The molecule has 0 fully saturated rings. The van der Waals surface area contributed by atoms with Crippen molar-refractivity contribution in [2.24, 2.45) is 0 Å². The average Bonchev–Trinajstić information content (AvgIpc) is 3.34. The summed E-state index contributed by atoms with van der Waals surface area (Å²) in [6, 6.07) is -0.541. The number of rotatable bonds is 59. The van der Waals surface area contributed by atoms with Crippen molar-refractivity contribution < 1.29 is 24.5 Å². The molecule has 0 aromatic heterocycles. The molecule has 0 aliphatic carbocycles. The summed E-state index contributed by atoms with van der Waals surface area (Å²) in [5, 5.41) is 23.2. The van der Waals surface area contributed by atoms with Gasteiger partial charge in [0.15, 0.2) is 0 Å². The van der Waals surface area contributed by atoms with Gasteiger partial charge in [-0.2, -0.15) is 0 Å². The number of esters is 1. The highest BCUT2D eigenvalue weighted by Gasteiger charge is 2.20. The molecule has 6 heteroatoms. The molecule has 406 valence electrons. The van der Waals surface area contributed by atoms with Crippen LogP contribution in [0.25, 0.3) is 0 Å². The highest BCUT2D eigenvalue weighted by molar-refractivity contribution is 5.76. The lowest BCUT2D eigenvalue weighted by molar-refractivity contribution is -0.143. The van der Waals surface area contributed by atoms with Crippen LogP contribution in [0.5, 0.6) is 0 Å². The molecule has 3 N–H and O–H groups in total. The van der Waals surface area contributed by atoms with E-state index in [2.05, 4.69) is 19.2 Å². The number of aliphatic hydroxyl groups excluding tert-OH is 2. The fourth-order valence-electron chi connectivity index (χ4n) is 10.1. The quantitative estimate of drug-likeness (QED) is 0.0417. The predicted molar refractivity (Wildman–Crippen MR) is 297 cm³/mol. The Morgan fingerprint density at radius 2 is 0.603 bits per heavy atom. The SMILES string of the molecule is CCCCCCCCCCCCCCCCCCCCC(=O)OCCCCCCCCCCCCCCCCCCCCCCC(=O)NC(CO)C(O)CCCCCCCCCCCCCCC. The molecule has 1 amide bonds. The van der Waals surface area contributed by atoms with E-state index < -0.39 is 12.1 Å². The zero-order valence-electron chi connectivity index (χ0n) is 46.4. The number of amides is 1. The van der Waals surface area contributed by atoms with Crippen molar-refractivity contribution in [2.45, 2.75) is 373 Å². The Morgan fingerprint density at radius 1 is 0.353 bits per heavy atom. The molecular formula is C62H123NO5. The van der Waals surface area contributed by atoms with Crippen LogP contribution in [-0.4, -0.2) is 47.4 Å². The van der Waals surface area contributed by atoms with Crippen LogP contribution in [-0.2, 0) is 14.3 Å². The van der Waals surface area contributed by atoms with E-state index in [1.807, 2.05) is 0 Å². The van der Waals surface area contributed by atoms with Crippen molar-refractivity contribution in [3.63, 3.8) is 0 Å². The highest BCUT2D eigenvalue weighted by Crippen LogP contribution is 2.19. The topological polar surface area (TPSA) is 95.9 Å². The van der Waals surface area contributed by atoms with Gasteiger partial charge < -0.3 is 20.3 Å². The number of nitrogens with one attached hydrogen (secondary N) is 1. The zero-order valence-corrected chi connectivity index (χ0v) is 46.4. The fourth-order valence-corrected chi connectivity index (χ4v) is 10.1. The Balaban J connectivity index is 3.34. The third kappa shape index (κ3) is 54.2. The monoisotopic (exact) mass is 962 g/mol. The molecule has 0 heterocycles. The summed E-state index contributed by atoms with van der Waals surface area (Å²) in [5.74, 6) is -0.0184. The fraction of sp³-hybridized carbons (Fsp3) is 0.968. The summed E-state index contributed by atoms with van der Waals surface area (Å²) >= 11 is 0. The van der Waals surface area contributed by atoms with E-state index in [0.29, 0.717) is 25.9 Å². The summed E-state index contributed by atoms with van der Waals surface area (Å²) in [7, 11) is 0. The number of carbonyl (C=O) groups is 2. The van der Waals surface area contributed by atoms with Gasteiger partial charge in [0.05, 0.1) is 25.4 Å². The van der Waals surface area contributed by atoms with Crippen LogP contribution < -0.4 is 5.32 Å². The normalized spacial score (nSPS) is 12.5. The molecule has 68 heavy (non-hydrogen) atoms. The Hall–Kier alpha value is -1.14. The molecule has 0 aromatic carbocycles. The minimum absolute atomic E-state index is 0.0160. The summed E-state index contributed by atoms with van der Waals surface area (Å²) in [4.78, 5) is 24.6. The van der Waals surface area contributed by atoms with Gasteiger partial charge in [0.1, 0.15) is 0 Å². The molecular weight excluding hydrogens is 839 g/mol. The van der Waals surface area contributed by atoms with Crippen LogP contribution in [0.3, 0.4) is 0 Å². The molecule has 0 radical (unpaired) electrons. The number of unbranched alkanes of at least 4 members (excludes halogenated alkanes) is 48. The largest absolute Gasteiger partial charge is 0.466 e. The molecule has 2 unspecified atom stereocenters.